The molecule has 0 fully saturated rings. The van der Waals surface area contributed by atoms with E-state index in [1.54, 1.807) is 26.4 Å². The molecule has 0 amide bonds. The van der Waals surface area contributed by atoms with Crippen LogP contribution in [0.25, 0.3) is 0 Å². The van der Waals surface area contributed by atoms with Crippen LogP contribution < -0.4 is 24.7 Å². The molecule has 3 atom stereocenters. The topological polar surface area (TPSA) is 83.2 Å². The van der Waals surface area contributed by atoms with E-state index in [2.05, 4.69) is 0 Å². The predicted molar refractivity (Wildman–Crippen MR) is 158 cm³/mol. The van der Waals surface area contributed by atoms with E-state index in [1.807, 2.05) is 85.8 Å². The molecule has 4 aromatic carbocycles. The summed E-state index contributed by atoms with van der Waals surface area (Å²) in [6, 6.07) is 28.3. The van der Waals surface area contributed by atoms with Crippen molar-refractivity contribution in [3.8, 4) is 23.0 Å². The number of aliphatic hydroxyl groups is 1. The smallest absolute Gasteiger partial charge is 0.180 e. The van der Waals surface area contributed by atoms with E-state index >= 15 is 0 Å². The fraction of sp³-hybridized carbons (Fsp3) is 0.273. The van der Waals surface area contributed by atoms with E-state index in [4.69, 9.17) is 36.3 Å². The van der Waals surface area contributed by atoms with Gasteiger partial charge in [-0.15, -0.1) is 0 Å². The van der Waals surface area contributed by atoms with Crippen LogP contribution in [0.1, 0.15) is 35.3 Å². The third kappa shape index (κ3) is 7.48. The quantitative estimate of drug-likeness (QED) is 0.188. The van der Waals surface area contributed by atoms with Gasteiger partial charge in [-0.05, 0) is 58.9 Å². The van der Waals surface area contributed by atoms with Gasteiger partial charge in [-0.2, -0.15) is 0 Å². The van der Waals surface area contributed by atoms with Gasteiger partial charge in [-0.1, -0.05) is 85.3 Å². The Hall–Kier alpha value is -3.71. The Kier molecular flexibility index (Phi) is 10.3. The minimum absolute atomic E-state index is 0.0606. The summed E-state index contributed by atoms with van der Waals surface area (Å²) in [5, 5.41) is 11.7. The van der Waals surface area contributed by atoms with Crippen LogP contribution in [0.15, 0.2) is 91.0 Å². The number of nitrogens with two attached hydrogens (primary N) is 1. The molecule has 0 spiro atoms. The summed E-state index contributed by atoms with van der Waals surface area (Å²) in [7, 11) is 3.21. The van der Waals surface area contributed by atoms with Crippen molar-refractivity contribution in [1.82, 2.24) is 0 Å². The van der Waals surface area contributed by atoms with Crippen LogP contribution >= 0.6 is 11.6 Å². The van der Waals surface area contributed by atoms with Crippen molar-refractivity contribution in [3.05, 3.63) is 118 Å². The van der Waals surface area contributed by atoms with Crippen molar-refractivity contribution in [2.75, 3.05) is 14.2 Å². The molecular weight excluding hydrogens is 526 g/mol. The number of benzene rings is 4. The highest BCUT2D eigenvalue weighted by Gasteiger charge is 2.26. The van der Waals surface area contributed by atoms with E-state index in [0.717, 1.165) is 16.7 Å². The molecule has 3 unspecified atom stereocenters. The molecule has 0 aliphatic rings. The van der Waals surface area contributed by atoms with Crippen LogP contribution in [-0.4, -0.2) is 25.4 Å². The van der Waals surface area contributed by atoms with E-state index in [9.17, 15) is 5.11 Å². The lowest BCUT2D eigenvalue weighted by Gasteiger charge is -2.26. The van der Waals surface area contributed by atoms with Gasteiger partial charge in [0.2, 0.25) is 0 Å². The largest absolute Gasteiger partial charge is 0.493 e. The maximum atomic E-state index is 11.3. The Bertz CT molecular complexity index is 1370. The lowest BCUT2D eigenvalue weighted by atomic mass is 9.88. The van der Waals surface area contributed by atoms with Crippen molar-refractivity contribution >= 4 is 11.6 Å². The number of hydrogen-bond donors (Lipinski definition) is 2. The van der Waals surface area contributed by atoms with Gasteiger partial charge < -0.3 is 29.8 Å². The number of aliphatic hydroxyl groups excluding tert-OH is 1. The minimum Gasteiger partial charge on any atom is -0.493 e. The Morgan fingerprint density at radius 3 is 1.93 bits per heavy atom. The zero-order valence-corrected chi connectivity index (χ0v) is 23.8. The van der Waals surface area contributed by atoms with Crippen LogP contribution in [-0.2, 0) is 19.6 Å². The number of hydrogen-bond acceptors (Lipinski definition) is 6. The average Bonchev–Trinajstić information content (AvgIpc) is 2.99. The molecule has 210 valence electrons. The molecule has 0 aliphatic heterocycles. The Morgan fingerprint density at radius 2 is 1.32 bits per heavy atom. The van der Waals surface area contributed by atoms with Crippen molar-refractivity contribution in [1.29, 1.82) is 0 Å². The van der Waals surface area contributed by atoms with Gasteiger partial charge in [-0.3, -0.25) is 0 Å². The molecule has 4 aromatic rings. The standard InChI is InChI=1S/C33H36ClNO5/c1-22(16-25-14-15-28(37-2)29(17-25)38-3)31(35)32(36)26-18-27(34)33(40-21-24-12-8-5-9-13-24)30(19-26)39-20-23-10-6-4-7-11-23/h4-15,17-19,22,31-32,36H,16,20-21,35H2,1-3H3. The zero-order chi connectivity index (χ0) is 28.5. The fourth-order valence-corrected chi connectivity index (χ4v) is 4.79. The second-order valence-corrected chi connectivity index (χ2v) is 10.2. The molecule has 40 heavy (non-hydrogen) atoms. The van der Waals surface area contributed by atoms with Gasteiger partial charge in [0, 0.05) is 6.04 Å². The van der Waals surface area contributed by atoms with Gasteiger partial charge in [0.05, 0.1) is 25.3 Å². The Morgan fingerprint density at radius 1 is 0.725 bits per heavy atom. The highest BCUT2D eigenvalue weighted by Crippen LogP contribution is 2.40. The molecule has 7 heteroatoms. The number of methoxy groups -OCH3 is 2. The van der Waals surface area contributed by atoms with Gasteiger partial charge in [0.15, 0.2) is 23.0 Å². The first-order valence-corrected chi connectivity index (χ1v) is 13.6. The van der Waals surface area contributed by atoms with Crippen molar-refractivity contribution < 1.29 is 24.1 Å². The summed E-state index contributed by atoms with van der Waals surface area (Å²) < 4.78 is 23.1. The molecule has 6 nitrogen and oxygen atoms in total. The summed E-state index contributed by atoms with van der Waals surface area (Å²) in [4.78, 5) is 0. The normalized spacial score (nSPS) is 13.2. The molecular formula is C33H36ClNO5. The van der Waals surface area contributed by atoms with Crippen LogP contribution in [0, 0.1) is 5.92 Å². The summed E-state index contributed by atoms with van der Waals surface area (Å²) >= 11 is 6.72. The van der Waals surface area contributed by atoms with E-state index in [0.29, 0.717) is 53.2 Å². The molecule has 0 radical (unpaired) electrons. The lowest BCUT2D eigenvalue weighted by Crippen LogP contribution is -2.36. The molecule has 0 bridgehead atoms. The van der Waals surface area contributed by atoms with E-state index in [-0.39, 0.29) is 5.92 Å². The van der Waals surface area contributed by atoms with Gasteiger partial charge in [0.25, 0.3) is 0 Å². The highest BCUT2D eigenvalue weighted by molar-refractivity contribution is 6.32. The van der Waals surface area contributed by atoms with E-state index < -0.39 is 12.1 Å². The molecule has 0 saturated heterocycles. The van der Waals surface area contributed by atoms with Crippen LogP contribution in [0.4, 0.5) is 0 Å². The summed E-state index contributed by atoms with van der Waals surface area (Å²) in [5.41, 5.74) is 10.2. The van der Waals surface area contributed by atoms with Crippen molar-refractivity contribution in [2.45, 2.75) is 38.7 Å². The average molecular weight is 562 g/mol. The first-order valence-electron chi connectivity index (χ1n) is 13.2. The SMILES string of the molecule is COc1ccc(CC(C)C(N)C(O)c2cc(Cl)c(OCc3ccccc3)c(OCc3ccccc3)c2)cc1OC. The highest BCUT2D eigenvalue weighted by atomic mass is 35.5. The van der Waals surface area contributed by atoms with Crippen LogP contribution in [0.3, 0.4) is 0 Å². The Labute approximate surface area is 241 Å². The third-order valence-corrected chi connectivity index (χ3v) is 7.14. The number of ether oxygens (including phenoxy) is 4. The first-order chi connectivity index (χ1) is 19.4. The monoisotopic (exact) mass is 561 g/mol. The molecule has 0 heterocycles. The maximum absolute atomic E-state index is 11.3. The van der Waals surface area contributed by atoms with E-state index in [1.165, 1.54) is 0 Å². The van der Waals surface area contributed by atoms with Crippen LogP contribution in [0.5, 0.6) is 23.0 Å². The molecule has 3 N–H and O–H groups in total. The first kappa shape index (κ1) is 29.3. The molecule has 4 rings (SSSR count). The van der Waals surface area contributed by atoms with Gasteiger partial charge in [-0.25, -0.2) is 0 Å². The molecule has 0 aromatic heterocycles. The fourth-order valence-electron chi connectivity index (χ4n) is 4.52. The summed E-state index contributed by atoms with van der Waals surface area (Å²) in [5.74, 6) is 2.12. The molecule has 0 saturated carbocycles. The number of halogens is 1. The van der Waals surface area contributed by atoms with Crippen molar-refractivity contribution in [2.24, 2.45) is 11.7 Å². The van der Waals surface area contributed by atoms with Gasteiger partial charge >= 0.3 is 0 Å². The predicted octanol–water partition coefficient (Wildman–Crippen LogP) is 6.75. The second-order valence-electron chi connectivity index (χ2n) is 9.77. The summed E-state index contributed by atoms with van der Waals surface area (Å²) in [6.45, 7) is 2.66. The molecule has 0 aliphatic carbocycles. The van der Waals surface area contributed by atoms with Crippen LogP contribution in [0.2, 0.25) is 5.02 Å². The van der Waals surface area contributed by atoms with Gasteiger partial charge in [0.1, 0.15) is 13.2 Å². The second kappa shape index (κ2) is 14.1. The zero-order valence-electron chi connectivity index (χ0n) is 23.0. The Balaban J connectivity index is 1.54. The lowest BCUT2D eigenvalue weighted by molar-refractivity contribution is 0.121. The third-order valence-electron chi connectivity index (χ3n) is 6.86. The minimum atomic E-state index is -0.977. The van der Waals surface area contributed by atoms with Crippen molar-refractivity contribution in [3.63, 3.8) is 0 Å². The maximum Gasteiger partial charge on any atom is 0.180 e. The summed E-state index contributed by atoms with van der Waals surface area (Å²) in [6.07, 6.45) is -0.336. The number of rotatable bonds is 13.